The summed E-state index contributed by atoms with van der Waals surface area (Å²) in [4.78, 5) is 2.27. The summed E-state index contributed by atoms with van der Waals surface area (Å²) in [6, 6.07) is 13.0. The van der Waals surface area contributed by atoms with Crippen LogP contribution in [-0.4, -0.2) is 42.6 Å². The molecule has 0 spiro atoms. The van der Waals surface area contributed by atoms with Gasteiger partial charge in [-0.2, -0.15) is 5.10 Å². The number of furan rings is 1. The molecule has 1 aromatic carbocycles. The normalized spacial score (nSPS) is 16.2. The summed E-state index contributed by atoms with van der Waals surface area (Å²) >= 11 is 0. The Balaban J connectivity index is 1.40. The van der Waals surface area contributed by atoms with Crippen LogP contribution in [0.25, 0.3) is 11.5 Å². The number of aromatic amines is 1. The van der Waals surface area contributed by atoms with Gasteiger partial charge in [-0.3, -0.25) is 10.00 Å². The second kappa shape index (κ2) is 7.30. The van der Waals surface area contributed by atoms with E-state index >= 15 is 0 Å². The van der Waals surface area contributed by atoms with Crippen LogP contribution in [0.4, 0.5) is 0 Å². The first kappa shape index (κ1) is 18.0. The maximum absolute atomic E-state index is 12.6. The first-order valence-corrected chi connectivity index (χ1v) is 10.4. The number of H-pyrrole nitrogens is 1. The van der Waals surface area contributed by atoms with Crippen LogP contribution in [0.1, 0.15) is 18.1 Å². The zero-order valence-corrected chi connectivity index (χ0v) is 15.9. The summed E-state index contributed by atoms with van der Waals surface area (Å²) in [6.45, 7) is 4.28. The summed E-state index contributed by atoms with van der Waals surface area (Å²) in [6.07, 6.45) is 2.57. The first-order chi connectivity index (χ1) is 13.0. The Labute approximate surface area is 158 Å². The second-order valence-electron chi connectivity index (χ2n) is 6.87. The molecule has 8 heteroatoms. The summed E-state index contributed by atoms with van der Waals surface area (Å²) in [5, 5.41) is 6.51. The number of hydrogen-bond donors (Lipinski definition) is 2. The van der Waals surface area contributed by atoms with Crippen molar-refractivity contribution in [3.8, 4) is 11.5 Å². The van der Waals surface area contributed by atoms with Crippen LogP contribution in [0.2, 0.25) is 0 Å². The molecule has 0 unspecified atom stereocenters. The van der Waals surface area contributed by atoms with Crippen molar-refractivity contribution >= 4 is 10.0 Å². The van der Waals surface area contributed by atoms with E-state index in [4.69, 9.17) is 4.42 Å². The van der Waals surface area contributed by atoms with Crippen molar-refractivity contribution in [3.63, 3.8) is 0 Å². The molecule has 0 amide bonds. The average Bonchev–Trinajstić information content (AvgIpc) is 3.32. The van der Waals surface area contributed by atoms with E-state index < -0.39 is 10.0 Å². The lowest BCUT2D eigenvalue weighted by Crippen LogP contribution is -2.43. The quantitative estimate of drug-likeness (QED) is 0.679. The van der Waals surface area contributed by atoms with Gasteiger partial charge in [0.05, 0.1) is 0 Å². The van der Waals surface area contributed by atoms with Crippen molar-refractivity contribution in [3.05, 3.63) is 59.8 Å². The predicted molar refractivity (Wildman–Crippen MR) is 101 cm³/mol. The number of nitrogens with zero attached hydrogens (tertiary/aromatic N) is 2. The van der Waals surface area contributed by atoms with Gasteiger partial charge in [-0.05, 0) is 42.7 Å². The monoisotopic (exact) mass is 386 g/mol. The number of fused-ring (bicyclic) bond motifs is 1. The smallest absolute Gasteiger partial charge is 0.274 e. The van der Waals surface area contributed by atoms with E-state index in [0.717, 1.165) is 19.5 Å². The lowest BCUT2D eigenvalue weighted by Gasteiger charge is -2.30. The van der Waals surface area contributed by atoms with Crippen molar-refractivity contribution < 1.29 is 12.8 Å². The molecule has 3 aromatic rings. The standard InChI is InChI=1S/C19H22N4O3S/c1-14(12-23-11-9-15-4-2-3-5-16(15)13-23)22-27(24,25)19-7-6-18(26-19)17-8-10-20-21-17/h2-8,10,14,22H,9,11-13H2,1H3,(H,20,21)/t14-/m1/s1. The third kappa shape index (κ3) is 3.97. The molecule has 142 valence electrons. The van der Waals surface area contributed by atoms with Crippen LogP contribution in [0.3, 0.4) is 0 Å². The molecule has 0 aliphatic carbocycles. The molecule has 7 nitrogen and oxygen atoms in total. The van der Waals surface area contributed by atoms with Gasteiger partial charge in [0.1, 0.15) is 5.69 Å². The number of rotatable bonds is 6. The summed E-state index contributed by atoms with van der Waals surface area (Å²) in [7, 11) is -3.72. The number of benzene rings is 1. The summed E-state index contributed by atoms with van der Waals surface area (Å²) < 4.78 is 33.4. The SMILES string of the molecule is C[C@H](CN1CCc2ccccc2C1)NS(=O)(=O)c1ccc(-c2ccn[nH]2)o1. The van der Waals surface area contributed by atoms with Crippen molar-refractivity contribution in [2.75, 3.05) is 13.1 Å². The molecule has 0 saturated carbocycles. The molecule has 0 saturated heterocycles. The minimum atomic E-state index is -3.72. The molecular formula is C19H22N4O3S. The van der Waals surface area contributed by atoms with Crippen molar-refractivity contribution in [2.24, 2.45) is 0 Å². The first-order valence-electron chi connectivity index (χ1n) is 8.92. The van der Waals surface area contributed by atoms with Crippen LogP contribution in [0.15, 0.2) is 58.2 Å². The Morgan fingerprint density at radius 2 is 2.04 bits per heavy atom. The fourth-order valence-electron chi connectivity index (χ4n) is 3.46. The van der Waals surface area contributed by atoms with Crippen molar-refractivity contribution in [1.82, 2.24) is 19.8 Å². The number of nitrogens with one attached hydrogen (secondary N) is 2. The molecule has 4 rings (SSSR count). The van der Waals surface area contributed by atoms with Gasteiger partial charge in [-0.25, -0.2) is 13.1 Å². The molecule has 0 bridgehead atoms. The van der Waals surface area contributed by atoms with Gasteiger partial charge in [-0.15, -0.1) is 0 Å². The van der Waals surface area contributed by atoms with E-state index in [9.17, 15) is 8.42 Å². The van der Waals surface area contributed by atoms with E-state index in [2.05, 4.69) is 38.0 Å². The molecule has 2 aromatic heterocycles. The molecule has 3 heterocycles. The highest BCUT2D eigenvalue weighted by molar-refractivity contribution is 7.89. The zero-order valence-electron chi connectivity index (χ0n) is 15.1. The van der Waals surface area contributed by atoms with Gasteiger partial charge in [0.15, 0.2) is 5.76 Å². The zero-order chi connectivity index (χ0) is 18.9. The Morgan fingerprint density at radius 3 is 2.81 bits per heavy atom. The van der Waals surface area contributed by atoms with Gasteiger partial charge in [0.25, 0.3) is 10.0 Å². The molecule has 0 radical (unpaired) electrons. The van der Waals surface area contributed by atoms with Crippen LogP contribution < -0.4 is 4.72 Å². The van der Waals surface area contributed by atoms with Crippen LogP contribution in [0.5, 0.6) is 0 Å². The van der Waals surface area contributed by atoms with Gasteiger partial charge < -0.3 is 4.42 Å². The van der Waals surface area contributed by atoms with E-state index in [1.807, 2.05) is 13.0 Å². The minimum absolute atomic E-state index is 0.0945. The maximum Gasteiger partial charge on any atom is 0.274 e. The lowest BCUT2D eigenvalue weighted by molar-refractivity contribution is 0.237. The Kier molecular flexibility index (Phi) is 4.86. The topological polar surface area (TPSA) is 91.2 Å². The van der Waals surface area contributed by atoms with E-state index in [-0.39, 0.29) is 11.1 Å². The number of hydrogen-bond acceptors (Lipinski definition) is 5. The molecule has 1 atom stereocenters. The molecule has 27 heavy (non-hydrogen) atoms. The Hall–Kier alpha value is -2.42. The molecular weight excluding hydrogens is 364 g/mol. The fourth-order valence-corrected chi connectivity index (χ4v) is 4.63. The number of sulfonamides is 1. The second-order valence-corrected chi connectivity index (χ2v) is 8.51. The Bertz CT molecular complexity index is 1010. The highest BCUT2D eigenvalue weighted by Gasteiger charge is 2.24. The molecule has 1 aliphatic heterocycles. The van der Waals surface area contributed by atoms with Crippen LogP contribution in [-0.2, 0) is 23.0 Å². The van der Waals surface area contributed by atoms with Gasteiger partial charge >= 0.3 is 0 Å². The maximum atomic E-state index is 12.6. The van der Waals surface area contributed by atoms with E-state index in [1.165, 1.54) is 17.2 Å². The average molecular weight is 386 g/mol. The largest absolute Gasteiger partial charge is 0.442 e. The van der Waals surface area contributed by atoms with E-state index in [1.54, 1.807) is 18.3 Å². The third-order valence-corrected chi connectivity index (χ3v) is 6.17. The van der Waals surface area contributed by atoms with Crippen molar-refractivity contribution in [2.45, 2.75) is 31.0 Å². The van der Waals surface area contributed by atoms with Crippen molar-refractivity contribution in [1.29, 1.82) is 0 Å². The third-order valence-electron chi connectivity index (χ3n) is 4.71. The van der Waals surface area contributed by atoms with Crippen LogP contribution in [0, 0.1) is 0 Å². The van der Waals surface area contributed by atoms with Gasteiger partial charge in [0.2, 0.25) is 5.09 Å². The lowest BCUT2D eigenvalue weighted by atomic mass is 10.00. The van der Waals surface area contributed by atoms with Gasteiger partial charge in [0, 0.05) is 31.9 Å². The summed E-state index contributed by atoms with van der Waals surface area (Å²) in [5.41, 5.74) is 3.33. The highest BCUT2D eigenvalue weighted by Crippen LogP contribution is 2.23. The van der Waals surface area contributed by atoms with Crippen LogP contribution >= 0.6 is 0 Å². The minimum Gasteiger partial charge on any atom is -0.442 e. The van der Waals surface area contributed by atoms with E-state index in [0.29, 0.717) is 18.0 Å². The summed E-state index contributed by atoms with van der Waals surface area (Å²) in [5.74, 6) is 0.438. The Morgan fingerprint density at radius 1 is 1.22 bits per heavy atom. The highest BCUT2D eigenvalue weighted by atomic mass is 32.2. The molecule has 0 fully saturated rings. The fraction of sp³-hybridized carbons (Fsp3) is 0.316. The molecule has 1 aliphatic rings. The predicted octanol–water partition coefficient (Wildman–Crippen LogP) is 2.39. The molecule has 2 N–H and O–H groups in total. The number of aromatic nitrogens is 2. The van der Waals surface area contributed by atoms with Gasteiger partial charge in [-0.1, -0.05) is 24.3 Å².